The lowest BCUT2D eigenvalue weighted by Crippen LogP contribution is -2.32. The van der Waals surface area contributed by atoms with E-state index >= 15 is 0 Å². The minimum absolute atomic E-state index is 0.217. The Hall–Kier alpha value is -1.84. The fraction of sp³-hybridized carbons (Fsp3) is 0.357. The van der Waals surface area contributed by atoms with Crippen molar-refractivity contribution in [2.24, 2.45) is 0 Å². The topological polar surface area (TPSA) is 83.5 Å². The predicted octanol–water partition coefficient (Wildman–Crippen LogP) is 0.252. The van der Waals surface area contributed by atoms with Crippen molar-refractivity contribution in [1.29, 1.82) is 0 Å². The molecular formula is C14H17NO4S. The molecule has 1 aromatic rings. The van der Waals surface area contributed by atoms with Gasteiger partial charge in [0.2, 0.25) is 5.91 Å². The number of carbonyl (C=O) groups excluding carboxylic acids is 1. The predicted molar refractivity (Wildman–Crippen MR) is 76.7 cm³/mol. The number of nitrogens with one attached hydrogen (secondary N) is 1. The third-order valence-electron chi connectivity index (χ3n) is 2.47. The van der Waals surface area contributed by atoms with Crippen LogP contribution >= 0.6 is 0 Å². The van der Waals surface area contributed by atoms with Crippen LogP contribution in [-0.4, -0.2) is 38.0 Å². The van der Waals surface area contributed by atoms with Gasteiger partial charge in [0.05, 0.1) is 6.04 Å². The second kappa shape index (κ2) is 7.08. The second-order valence-electron chi connectivity index (χ2n) is 4.44. The van der Waals surface area contributed by atoms with Gasteiger partial charge in [-0.05, 0) is 24.6 Å². The molecule has 1 rings (SSSR count). The SMILES string of the molecule is CC(NC(=O)CS(C)(=O)=O)c1cccc(C#CCO)c1. The molecule has 5 nitrogen and oxygen atoms in total. The Morgan fingerprint density at radius 3 is 2.75 bits per heavy atom. The molecule has 0 fully saturated rings. The van der Waals surface area contributed by atoms with Crippen LogP contribution in [-0.2, 0) is 14.6 Å². The van der Waals surface area contributed by atoms with Gasteiger partial charge in [0, 0.05) is 11.8 Å². The van der Waals surface area contributed by atoms with Crippen molar-refractivity contribution in [3.05, 3.63) is 35.4 Å². The van der Waals surface area contributed by atoms with Crippen LogP contribution in [0.2, 0.25) is 0 Å². The third-order valence-corrected chi connectivity index (χ3v) is 3.26. The van der Waals surface area contributed by atoms with Gasteiger partial charge < -0.3 is 10.4 Å². The summed E-state index contributed by atoms with van der Waals surface area (Å²) >= 11 is 0. The second-order valence-corrected chi connectivity index (χ2v) is 6.58. The summed E-state index contributed by atoms with van der Waals surface area (Å²) < 4.78 is 22.1. The maximum Gasteiger partial charge on any atom is 0.235 e. The summed E-state index contributed by atoms with van der Waals surface area (Å²) in [6.45, 7) is 1.55. The van der Waals surface area contributed by atoms with E-state index in [1.807, 2.05) is 6.07 Å². The van der Waals surface area contributed by atoms with Crippen LogP contribution in [0.1, 0.15) is 24.1 Å². The number of benzene rings is 1. The molecule has 0 radical (unpaired) electrons. The van der Waals surface area contributed by atoms with Gasteiger partial charge in [0.25, 0.3) is 0 Å². The van der Waals surface area contributed by atoms with Crippen LogP contribution in [0.5, 0.6) is 0 Å². The van der Waals surface area contributed by atoms with Crippen LogP contribution < -0.4 is 5.32 Å². The molecule has 0 aliphatic carbocycles. The molecule has 20 heavy (non-hydrogen) atoms. The quantitative estimate of drug-likeness (QED) is 0.780. The third kappa shape index (κ3) is 5.87. The molecule has 1 atom stereocenters. The van der Waals surface area contributed by atoms with Gasteiger partial charge >= 0.3 is 0 Å². The maximum atomic E-state index is 11.5. The molecule has 0 spiro atoms. The average molecular weight is 295 g/mol. The molecule has 1 amide bonds. The van der Waals surface area contributed by atoms with Crippen LogP contribution in [0.25, 0.3) is 0 Å². The first-order valence-electron chi connectivity index (χ1n) is 5.98. The largest absolute Gasteiger partial charge is 0.384 e. The first kappa shape index (κ1) is 16.2. The molecule has 1 aromatic carbocycles. The number of aliphatic hydroxyl groups is 1. The first-order valence-corrected chi connectivity index (χ1v) is 8.04. The molecule has 0 bridgehead atoms. The van der Waals surface area contributed by atoms with Crippen LogP contribution in [0.3, 0.4) is 0 Å². The Morgan fingerprint density at radius 1 is 1.45 bits per heavy atom. The molecule has 6 heteroatoms. The van der Waals surface area contributed by atoms with Crippen molar-refractivity contribution >= 4 is 15.7 Å². The summed E-state index contributed by atoms with van der Waals surface area (Å²) in [5, 5.41) is 11.3. The molecule has 0 aromatic heterocycles. The number of sulfone groups is 1. The summed E-state index contributed by atoms with van der Waals surface area (Å²) in [6.07, 6.45) is 1.02. The van der Waals surface area contributed by atoms with Crippen LogP contribution in [0.4, 0.5) is 0 Å². The monoisotopic (exact) mass is 295 g/mol. The van der Waals surface area contributed by atoms with Gasteiger partial charge in [0.15, 0.2) is 9.84 Å². The molecule has 0 aliphatic rings. The summed E-state index contributed by atoms with van der Waals surface area (Å²) in [4.78, 5) is 11.5. The smallest absolute Gasteiger partial charge is 0.235 e. The number of rotatable bonds is 4. The Bertz CT molecular complexity index is 641. The standard InChI is InChI=1S/C14H17NO4S/c1-11(15-14(17)10-20(2,18)19)13-7-3-5-12(9-13)6-4-8-16/h3,5,7,9,11,16H,8,10H2,1-2H3,(H,15,17). The lowest BCUT2D eigenvalue weighted by molar-refractivity contribution is -0.119. The highest BCUT2D eigenvalue weighted by molar-refractivity contribution is 7.91. The molecule has 0 saturated heterocycles. The zero-order valence-corrected chi connectivity index (χ0v) is 12.2. The number of carbonyl (C=O) groups is 1. The van der Waals surface area contributed by atoms with E-state index in [4.69, 9.17) is 5.11 Å². The van der Waals surface area contributed by atoms with Crippen molar-refractivity contribution in [3.8, 4) is 11.8 Å². The zero-order chi connectivity index (χ0) is 15.2. The van der Waals surface area contributed by atoms with E-state index in [0.717, 1.165) is 17.4 Å². The van der Waals surface area contributed by atoms with Crippen LogP contribution in [0.15, 0.2) is 24.3 Å². The summed E-state index contributed by atoms with van der Waals surface area (Å²) in [7, 11) is -3.33. The Morgan fingerprint density at radius 2 is 2.15 bits per heavy atom. The summed E-state index contributed by atoms with van der Waals surface area (Å²) in [5.74, 6) is 4.25. The number of hydrogen-bond acceptors (Lipinski definition) is 4. The van der Waals surface area contributed by atoms with E-state index in [9.17, 15) is 13.2 Å². The minimum Gasteiger partial charge on any atom is -0.384 e. The van der Waals surface area contributed by atoms with Crippen molar-refractivity contribution in [3.63, 3.8) is 0 Å². The molecule has 2 N–H and O–H groups in total. The maximum absolute atomic E-state index is 11.5. The fourth-order valence-corrected chi connectivity index (χ4v) is 2.19. The highest BCUT2D eigenvalue weighted by Gasteiger charge is 2.14. The minimum atomic E-state index is -3.33. The molecule has 0 aliphatic heterocycles. The van der Waals surface area contributed by atoms with E-state index < -0.39 is 21.5 Å². The fourth-order valence-electron chi connectivity index (χ4n) is 1.63. The average Bonchev–Trinajstić information content (AvgIpc) is 2.34. The first-order chi connectivity index (χ1) is 9.31. The van der Waals surface area contributed by atoms with Crippen molar-refractivity contribution < 1.29 is 18.3 Å². The van der Waals surface area contributed by atoms with Crippen molar-refractivity contribution in [1.82, 2.24) is 5.32 Å². The molecule has 0 heterocycles. The van der Waals surface area contributed by atoms with E-state index in [0.29, 0.717) is 0 Å². The lowest BCUT2D eigenvalue weighted by Gasteiger charge is -2.14. The molecule has 0 saturated carbocycles. The van der Waals surface area contributed by atoms with E-state index in [2.05, 4.69) is 17.2 Å². The summed E-state index contributed by atoms with van der Waals surface area (Å²) in [6, 6.07) is 6.86. The van der Waals surface area contributed by atoms with E-state index in [-0.39, 0.29) is 12.6 Å². The van der Waals surface area contributed by atoms with Gasteiger partial charge in [-0.25, -0.2) is 8.42 Å². The Balaban J connectivity index is 2.77. The Labute approximate surface area is 118 Å². The van der Waals surface area contributed by atoms with Crippen molar-refractivity contribution in [2.75, 3.05) is 18.6 Å². The lowest BCUT2D eigenvalue weighted by atomic mass is 10.1. The van der Waals surface area contributed by atoms with Gasteiger partial charge in [-0.2, -0.15) is 0 Å². The van der Waals surface area contributed by atoms with E-state index in [1.54, 1.807) is 25.1 Å². The van der Waals surface area contributed by atoms with E-state index in [1.165, 1.54) is 0 Å². The Kier molecular flexibility index (Phi) is 5.74. The van der Waals surface area contributed by atoms with Crippen molar-refractivity contribution in [2.45, 2.75) is 13.0 Å². The highest BCUT2D eigenvalue weighted by Crippen LogP contribution is 2.13. The molecular weight excluding hydrogens is 278 g/mol. The van der Waals surface area contributed by atoms with Gasteiger partial charge in [-0.3, -0.25) is 4.79 Å². The number of amides is 1. The van der Waals surface area contributed by atoms with Gasteiger partial charge in [-0.1, -0.05) is 24.0 Å². The van der Waals surface area contributed by atoms with Gasteiger partial charge in [-0.15, -0.1) is 0 Å². The zero-order valence-electron chi connectivity index (χ0n) is 11.4. The van der Waals surface area contributed by atoms with Crippen LogP contribution in [0, 0.1) is 11.8 Å². The molecule has 1 unspecified atom stereocenters. The summed E-state index contributed by atoms with van der Waals surface area (Å²) in [5.41, 5.74) is 1.54. The normalized spacial score (nSPS) is 12.2. The number of aliphatic hydroxyl groups excluding tert-OH is 1. The highest BCUT2D eigenvalue weighted by atomic mass is 32.2. The van der Waals surface area contributed by atoms with Gasteiger partial charge in [0.1, 0.15) is 12.4 Å². The molecule has 108 valence electrons. The number of hydrogen-bond donors (Lipinski definition) is 2.